The minimum atomic E-state index is -1.20. The molecule has 0 saturated heterocycles. The van der Waals surface area contributed by atoms with E-state index in [0.717, 1.165) is 4.47 Å². The number of carbonyl (C=O) groups is 3. The van der Waals surface area contributed by atoms with Gasteiger partial charge in [0, 0.05) is 16.6 Å². The first kappa shape index (κ1) is 17.0. The Morgan fingerprint density at radius 1 is 1.14 bits per heavy atom. The van der Waals surface area contributed by atoms with Crippen LogP contribution in [0.3, 0.4) is 0 Å². The fourth-order valence-corrected chi connectivity index (χ4v) is 1.84. The number of carboxylic acids is 2. The summed E-state index contributed by atoms with van der Waals surface area (Å²) in [7, 11) is 0. The number of hydrogen-bond acceptors (Lipinski definition) is 3. The highest BCUT2D eigenvalue weighted by molar-refractivity contribution is 9.10. The molecule has 0 saturated carbocycles. The Kier molecular flexibility index (Phi) is 6.67. The number of anilines is 1. The van der Waals surface area contributed by atoms with Gasteiger partial charge in [-0.2, -0.15) is 0 Å². The van der Waals surface area contributed by atoms with Gasteiger partial charge in [0.25, 0.3) is 0 Å². The van der Waals surface area contributed by atoms with Crippen molar-refractivity contribution in [3.63, 3.8) is 0 Å². The zero-order valence-electron chi connectivity index (χ0n) is 11.0. The fourth-order valence-electron chi connectivity index (χ4n) is 1.57. The normalized spacial score (nSPS) is 11.5. The van der Waals surface area contributed by atoms with Gasteiger partial charge < -0.3 is 20.8 Å². The second kappa shape index (κ2) is 8.25. The van der Waals surface area contributed by atoms with Crippen LogP contribution in [0, 0.1) is 0 Å². The van der Waals surface area contributed by atoms with Crippen LogP contribution in [-0.4, -0.2) is 34.2 Å². The molecular formula is C13H15BrN2O5. The van der Waals surface area contributed by atoms with Gasteiger partial charge in [0.15, 0.2) is 0 Å². The molecule has 0 aliphatic carbocycles. The molecule has 0 unspecified atom stereocenters. The van der Waals surface area contributed by atoms with Gasteiger partial charge in [-0.1, -0.05) is 15.9 Å². The molecule has 4 N–H and O–H groups in total. The lowest BCUT2D eigenvalue weighted by molar-refractivity contribution is -0.140. The minimum Gasteiger partial charge on any atom is -0.481 e. The van der Waals surface area contributed by atoms with Gasteiger partial charge >= 0.3 is 18.0 Å². The van der Waals surface area contributed by atoms with Crippen molar-refractivity contribution in [1.82, 2.24) is 5.32 Å². The Morgan fingerprint density at radius 3 is 2.29 bits per heavy atom. The Labute approximate surface area is 129 Å². The van der Waals surface area contributed by atoms with Crippen LogP contribution in [0.5, 0.6) is 0 Å². The predicted molar refractivity (Wildman–Crippen MR) is 79.2 cm³/mol. The van der Waals surface area contributed by atoms with Crippen LogP contribution in [0.25, 0.3) is 0 Å². The molecule has 0 fully saturated rings. The number of aliphatic carboxylic acids is 2. The second-order valence-corrected chi connectivity index (χ2v) is 5.20. The van der Waals surface area contributed by atoms with E-state index in [-0.39, 0.29) is 19.3 Å². The van der Waals surface area contributed by atoms with Crippen molar-refractivity contribution in [2.24, 2.45) is 0 Å². The van der Waals surface area contributed by atoms with Gasteiger partial charge in [-0.05, 0) is 37.1 Å². The topological polar surface area (TPSA) is 116 Å². The van der Waals surface area contributed by atoms with Gasteiger partial charge in [0.2, 0.25) is 0 Å². The van der Waals surface area contributed by atoms with Gasteiger partial charge in [-0.25, -0.2) is 9.59 Å². The van der Waals surface area contributed by atoms with Crippen LogP contribution in [-0.2, 0) is 9.59 Å². The van der Waals surface area contributed by atoms with Crippen LogP contribution in [0.4, 0.5) is 10.5 Å². The molecule has 2 amide bonds. The van der Waals surface area contributed by atoms with Crippen molar-refractivity contribution in [2.75, 3.05) is 5.32 Å². The molecule has 1 aromatic carbocycles. The number of halogens is 1. The second-order valence-electron chi connectivity index (χ2n) is 4.28. The molecular weight excluding hydrogens is 344 g/mol. The van der Waals surface area contributed by atoms with Gasteiger partial charge in [0.1, 0.15) is 6.04 Å². The number of rotatable bonds is 7. The maximum absolute atomic E-state index is 11.7. The SMILES string of the molecule is O=C(O)CCC[C@@H](NC(=O)Nc1ccc(Br)cc1)C(=O)O. The maximum Gasteiger partial charge on any atom is 0.326 e. The number of benzene rings is 1. The number of carbonyl (C=O) groups excluding carboxylic acids is 1. The van der Waals surface area contributed by atoms with Crippen molar-refractivity contribution < 1.29 is 24.6 Å². The summed E-state index contributed by atoms with van der Waals surface area (Å²) in [4.78, 5) is 33.1. The van der Waals surface area contributed by atoms with E-state index in [1.807, 2.05) is 0 Å². The maximum atomic E-state index is 11.7. The molecule has 114 valence electrons. The van der Waals surface area contributed by atoms with Gasteiger partial charge in [-0.15, -0.1) is 0 Å². The summed E-state index contributed by atoms with van der Waals surface area (Å²) in [6, 6.07) is 5.00. The Hall–Kier alpha value is -2.09. The van der Waals surface area contributed by atoms with Crippen molar-refractivity contribution in [3.8, 4) is 0 Å². The summed E-state index contributed by atoms with van der Waals surface area (Å²) in [5, 5.41) is 22.3. The number of urea groups is 1. The molecule has 1 aromatic rings. The third-order valence-electron chi connectivity index (χ3n) is 2.59. The van der Waals surface area contributed by atoms with E-state index in [1.54, 1.807) is 24.3 Å². The van der Waals surface area contributed by atoms with Crippen molar-refractivity contribution in [3.05, 3.63) is 28.7 Å². The summed E-state index contributed by atoms with van der Waals surface area (Å²) >= 11 is 3.26. The quantitative estimate of drug-likeness (QED) is 0.596. The summed E-state index contributed by atoms with van der Waals surface area (Å²) in [5.41, 5.74) is 0.519. The molecule has 0 spiro atoms. The Morgan fingerprint density at radius 2 is 1.76 bits per heavy atom. The van der Waals surface area contributed by atoms with E-state index in [0.29, 0.717) is 5.69 Å². The monoisotopic (exact) mass is 358 g/mol. The van der Waals surface area contributed by atoms with E-state index < -0.39 is 24.0 Å². The molecule has 7 nitrogen and oxygen atoms in total. The molecule has 1 atom stereocenters. The van der Waals surface area contributed by atoms with Gasteiger partial charge in [-0.3, -0.25) is 4.79 Å². The van der Waals surface area contributed by atoms with Crippen molar-refractivity contribution in [1.29, 1.82) is 0 Å². The highest BCUT2D eigenvalue weighted by Crippen LogP contribution is 2.14. The van der Waals surface area contributed by atoms with E-state index in [4.69, 9.17) is 10.2 Å². The van der Waals surface area contributed by atoms with Crippen LogP contribution < -0.4 is 10.6 Å². The molecule has 0 heterocycles. The van der Waals surface area contributed by atoms with Crippen molar-refractivity contribution in [2.45, 2.75) is 25.3 Å². The number of carboxylic acid groups (broad SMARTS) is 2. The molecule has 0 aliphatic rings. The standard InChI is InChI=1S/C13H15BrN2O5/c14-8-4-6-9(7-5-8)15-13(21)16-10(12(19)20)2-1-3-11(17)18/h4-7,10H,1-3H2,(H,17,18)(H,19,20)(H2,15,16,21)/t10-/m1/s1. The lowest BCUT2D eigenvalue weighted by Gasteiger charge is -2.14. The zero-order chi connectivity index (χ0) is 15.8. The van der Waals surface area contributed by atoms with Crippen LogP contribution in [0.2, 0.25) is 0 Å². The summed E-state index contributed by atoms with van der Waals surface area (Å²) < 4.78 is 0.852. The third kappa shape index (κ3) is 6.75. The Bertz CT molecular complexity index is 518. The highest BCUT2D eigenvalue weighted by Gasteiger charge is 2.19. The first-order chi connectivity index (χ1) is 9.88. The molecule has 21 heavy (non-hydrogen) atoms. The average Bonchev–Trinajstić information content (AvgIpc) is 2.39. The van der Waals surface area contributed by atoms with E-state index in [9.17, 15) is 14.4 Å². The molecule has 0 radical (unpaired) electrons. The number of hydrogen-bond donors (Lipinski definition) is 4. The summed E-state index contributed by atoms with van der Waals surface area (Å²) in [6.07, 6.45) is 0.0834. The molecule has 0 bridgehead atoms. The third-order valence-corrected chi connectivity index (χ3v) is 3.12. The zero-order valence-corrected chi connectivity index (χ0v) is 12.6. The lowest BCUT2D eigenvalue weighted by atomic mass is 10.1. The fraction of sp³-hybridized carbons (Fsp3) is 0.308. The summed E-state index contributed by atoms with van der Waals surface area (Å²) in [6.45, 7) is 0. The van der Waals surface area contributed by atoms with Crippen LogP contribution in [0.1, 0.15) is 19.3 Å². The first-order valence-electron chi connectivity index (χ1n) is 6.16. The number of amides is 2. The minimum absolute atomic E-state index is 0.0510. The van der Waals surface area contributed by atoms with Crippen molar-refractivity contribution >= 4 is 39.6 Å². The van der Waals surface area contributed by atoms with Gasteiger partial charge in [0.05, 0.1) is 0 Å². The number of nitrogens with one attached hydrogen (secondary N) is 2. The molecule has 0 aromatic heterocycles. The van der Waals surface area contributed by atoms with E-state index in [2.05, 4.69) is 26.6 Å². The molecule has 8 heteroatoms. The predicted octanol–water partition coefficient (Wildman–Crippen LogP) is 2.28. The largest absolute Gasteiger partial charge is 0.481 e. The smallest absolute Gasteiger partial charge is 0.326 e. The lowest BCUT2D eigenvalue weighted by Crippen LogP contribution is -2.43. The Balaban J connectivity index is 2.50. The molecule has 0 aliphatic heterocycles. The molecule has 1 rings (SSSR count). The first-order valence-corrected chi connectivity index (χ1v) is 6.95. The van der Waals surface area contributed by atoms with Crippen LogP contribution >= 0.6 is 15.9 Å². The highest BCUT2D eigenvalue weighted by atomic mass is 79.9. The average molecular weight is 359 g/mol. The van der Waals surface area contributed by atoms with E-state index >= 15 is 0 Å². The summed E-state index contributed by atoms with van der Waals surface area (Å²) in [5.74, 6) is -2.20. The van der Waals surface area contributed by atoms with E-state index in [1.165, 1.54) is 0 Å². The van der Waals surface area contributed by atoms with Crippen LogP contribution in [0.15, 0.2) is 28.7 Å².